The lowest BCUT2D eigenvalue weighted by molar-refractivity contribution is 0.672. The summed E-state index contributed by atoms with van der Waals surface area (Å²) in [5.74, 6) is 5.47. The van der Waals surface area contributed by atoms with Crippen LogP contribution in [0.4, 0.5) is 0 Å². The molecule has 21 aromatic carbocycles. The van der Waals surface area contributed by atoms with E-state index in [4.69, 9.17) is 66.9 Å². The van der Waals surface area contributed by atoms with E-state index < -0.39 is 8.07 Å². The van der Waals surface area contributed by atoms with Crippen molar-refractivity contribution >= 4 is 182 Å². The Hall–Kier alpha value is -18.8. The van der Waals surface area contributed by atoms with E-state index in [1.807, 2.05) is 170 Å². The van der Waals surface area contributed by atoms with Gasteiger partial charge in [-0.2, -0.15) is 0 Å². The minimum atomic E-state index is -1.90. The summed E-state index contributed by atoms with van der Waals surface area (Å²) in [5.41, 5.74) is 21.5. The second kappa shape index (κ2) is 32.7. The molecule has 1 aliphatic heterocycles. The van der Waals surface area contributed by atoms with E-state index in [1.54, 1.807) is 0 Å². The first-order valence-corrected chi connectivity index (χ1v) is 50.6. The molecular formula is C127H77N9O5Si. The fraction of sp³-hybridized carbons (Fsp3) is 0.0157. The molecule has 0 spiro atoms. The molecule has 9 heterocycles. The van der Waals surface area contributed by atoms with E-state index in [0.29, 0.717) is 52.4 Å². The molecule has 0 bridgehead atoms. The van der Waals surface area contributed by atoms with Gasteiger partial charge >= 0.3 is 0 Å². The Kier molecular flexibility index (Phi) is 18.8. The van der Waals surface area contributed by atoms with Crippen molar-refractivity contribution in [1.82, 2.24) is 44.9 Å². The molecule has 0 fully saturated rings. The lowest BCUT2D eigenvalue weighted by Crippen LogP contribution is -2.49. The molecule has 30 rings (SSSR count). The highest BCUT2D eigenvalue weighted by molar-refractivity contribution is 7.04. The van der Waals surface area contributed by atoms with Crippen LogP contribution in [0, 0.1) is 0 Å². The van der Waals surface area contributed by atoms with Crippen LogP contribution in [0.5, 0.6) is 0 Å². The SMILES string of the molecule is C[Si]1(C)c2ccccc2-c2c(-c3nc(-c4ccc(-c5ccccc5)cc4)nc(-c4cccc5oc6c7ccccc7ccc6c45)n3)cccc21.c1ccc(-c2nc(-c3ccc4c(c3)oc3c5ccccc5ccc43)nc(-c3cccc4oc5c6ccccc6ccc5c34)n2)cc1.c1ccc(-c2nc(-c3cccc4oc5c6ccccc6ccc5c34)nc(-c3cccc4oc5c6ccccc6ccc5c34)n2)cc1. The number of aromatic nitrogens is 9. The molecule has 664 valence electrons. The maximum Gasteiger partial charge on any atom is 0.164 e. The molecule has 0 saturated heterocycles. The molecule has 29 aromatic rings. The van der Waals surface area contributed by atoms with Crippen LogP contribution in [-0.4, -0.2) is 52.9 Å². The third-order valence-electron chi connectivity index (χ3n) is 28.2. The Morgan fingerprint density at radius 3 is 0.817 bits per heavy atom. The Balaban J connectivity index is 0.000000104. The molecule has 0 radical (unpaired) electrons. The average Bonchev–Trinajstić information content (AvgIpc) is 1.57. The summed E-state index contributed by atoms with van der Waals surface area (Å²) in [6.07, 6.45) is 0. The molecule has 0 atom stereocenters. The zero-order valence-corrected chi connectivity index (χ0v) is 77.6. The van der Waals surface area contributed by atoms with Gasteiger partial charge in [0.25, 0.3) is 0 Å². The van der Waals surface area contributed by atoms with E-state index >= 15 is 0 Å². The first-order valence-electron chi connectivity index (χ1n) is 47.6. The van der Waals surface area contributed by atoms with E-state index in [-0.39, 0.29) is 0 Å². The largest absolute Gasteiger partial charge is 0.455 e. The third-order valence-corrected chi connectivity index (χ3v) is 31.7. The molecule has 15 heteroatoms. The van der Waals surface area contributed by atoms with Gasteiger partial charge in [0.15, 0.2) is 52.4 Å². The second-order valence-corrected chi connectivity index (χ2v) is 41.1. The van der Waals surface area contributed by atoms with Crippen LogP contribution >= 0.6 is 0 Å². The maximum absolute atomic E-state index is 6.57. The van der Waals surface area contributed by atoms with Crippen molar-refractivity contribution in [3.63, 3.8) is 0 Å². The zero-order chi connectivity index (χ0) is 93.8. The van der Waals surface area contributed by atoms with Gasteiger partial charge in [0.05, 0.1) is 0 Å². The highest BCUT2D eigenvalue weighted by Gasteiger charge is 2.39. The highest BCUT2D eigenvalue weighted by Crippen LogP contribution is 2.48. The highest BCUT2D eigenvalue weighted by atomic mass is 28.3. The van der Waals surface area contributed by atoms with Crippen molar-refractivity contribution in [1.29, 1.82) is 0 Å². The van der Waals surface area contributed by atoms with E-state index in [9.17, 15) is 0 Å². The molecule has 0 N–H and O–H groups in total. The van der Waals surface area contributed by atoms with Crippen LogP contribution in [0.2, 0.25) is 13.1 Å². The first-order chi connectivity index (χ1) is 70.1. The number of benzene rings is 21. The quantitative estimate of drug-likeness (QED) is 0.118. The average molecular weight is 1840 g/mol. The summed E-state index contributed by atoms with van der Waals surface area (Å²) in [5, 5.41) is 24.3. The van der Waals surface area contributed by atoms with Crippen molar-refractivity contribution in [2.24, 2.45) is 0 Å². The topological polar surface area (TPSA) is 182 Å². The molecule has 142 heavy (non-hydrogen) atoms. The molecule has 0 amide bonds. The minimum Gasteiger partial charge on any atom is -0.455 e. The summed E-state index contributed by atoms with van der Waals surface area (Å²) in [7, 11) is -1.90. The molecular weight excluding hydrogens is 1760 g/mol. The summed E-state index contributed by atoms with van der Waals surface area (Å²) < 4.78 is 32.6. The van der Waals surface area contributed by atoms with Crippen LogP contribution in [0.15, 0.2) is 453 Å². The van der Waals surface area contributed by atoms with Gasteiger partial charge in [0.1, 0.15) is 63.9 Å². The molecule has 0 saturated carbocycles. The number of hydrogen-bond donors (Lipinski definition) is 0. The van der Waals surface area contributed by atoms with Crippen molar-refractivity contribution in [3.05, 3.63) is 431 Å². The predicted octanol–water partition coefficient (Wildman–Crippen LogP) is 32.4. The third kappa shape index (κ3) is 13.4. The molecule has 0 aliphatic carbocycles. The second-order valence-electron chi connectivity index (χ2n) is 36.7. The summed E-state index contributed by atoms with van der Waals surface area (Å²) in [4.78, 5) is 46.3. The van der Waals surface area contributed by atoms with Crippen molar-refractivity contribution in [2.45, 2.75) is 13.1 Å². The number of rotatable bonds is 10. The monoisotopic (exact) mass is 1840 g/mol. The van der Waals surface area contributed by atoms with Crippen LogP contribution in [-0.2, 0) is 0 Å². The van der Waals surface area contributed by atoms with Gasteiger partial charge in [-0.05, 0) is 126 Å². The fourth-order valence-corrected chi connectivity index (χ4v) is 24.5. The lowest BCUT2D eigenvalue weighted by atomic mass is 9.99. The van der Waals surface area contributed by atoms with Gasteiger partial charge in [-0.25, -0.2) is 44.9 Å². The summed E-state index contributed by atoms with van der Waals surface area (Å²) in [6, 6.07) is 148. The molecule has 1 aliphatic rings. The smallest absolute Gasteiger partial charge is 0.164 e. The summed E-state index contributed by atoms with van der Waals surface area (Å²) >= 11 is 0. The van der Waals surface area contributed by atoms with E-state index in [2.05, 4.69) is 274 Å². The zero-order valence-electron chi connectivity index (χ0n) is 76.6. The van der Waals surface area contributed by atoms with Gasteiger partial charge in [-0.1, -0.05) is 377 Å². The van der Waals surface area contributed by atoms with Crippen LogP contribution in [0.1, 0.15) is 0 Å². The van der Waals surface area contributed by atoms with Gasteiger partial charge in [-0.15, -0.1) is 0 Å². The lowest BCUT2D eigenvalue weighted by Gasteiger charge is -2.18. The van der Waals surface area contributed by atoms with Gasteiger partial charge in [0.2, 0.25) is 0 Å². The fourth-order valence-electron chi connectivity index (χ4n) is 21.4. The Bertz CT molecular complexity index is 10100. The Morgan fingerprint density at radius 1 is 0.162 bits per heavy atom. The number of fused-ring (bicyclic) bond motifs is 28. The van der Waals surface area contributed by atoms with E-state index in [1.165, 1.54) is 27.1 Å². The Morgan fingerprint density at radius 2 is 0.415 bits per heavy atom. The van der Waals surface area contributed by atoms with Crippen LogP contribution in [0.25, 0.3) is 288 Å². The van der Waals surface area contributed by atoms with Gasteiger partial charge < -0.3 is 22.1 Å². The van der Waals surface area contributed by atoms with Gasteiger partial charge in [-0.3, -0.25) is 0 Å². The maximum atomic E-state index is 6.57. The molecule has 8 aromatic heterocycles. The van der Waals surface area contributed by atoms with Crippen molar-refractivity contribution < 1.29 is 22.1 Å². The number of furan rings is 5. The summed E-state index contributed by atoms with van der Waals surface area (Å²) in [6.45, 7) is 4.88. The van der Waals surface area contributed by atoms with Crippen LogP contribution in [0.3, 0.4) is 0 Å². The van der Waals surface area contributed by atoms with Crippen LogP contribution < -0.4 is 10.4 Å². The number of hydrogen-bond acceptors (Lipinski definition) is 14. The molecule has 14 nitrogen and oxygen atoms in total. The van der Waals surface area contributed by atoms with Crippen molar-refractivity contribution in [3.8, 4) is 125 Å². The van der Waals surface area contributed by atoms with E-state index in [0.717, 1.165) is 219 Å². The number of nitrogens with zero attached hydrogens (tertiary/aromatic N) is 9. The standard InChI is InChI=1S/C45H31N3OSi.2C41H23N3O2/c1-50(2)38-20-9-8-16-33(38)41-36(18-11-21-39(41)50)45-47-43(31-24-22-29(23-25-31)28-12-4-3-5-13-28)46-44(48-45)35-17-10-19-37-40(35)34-27-26-30-14-6-7-15-32(30)42(34)49-37;1-2-12-26(13-3-1)39-42-40(31-16-8-18-33-35(31)29-22-20-24-10-4-6-14-27(24)37(29)45-33)44-41(43-39)32-17-9-19-34-36(32)30-23-21-25-11-5-7-15-28(25)38(30)46-34;1-2-11-26(12-3-1)39-42-40(27-19-20-30-31-21-17-24-9-4-6-13-28(24)37(31)46-35(30)23-27)44-41(43-39)33-15-8-16-34-36(33)32-22-18-25-10-5-7-14-29(25)38(32)45-34/h3-27H,1-2H3;2*1-23H. The Labute approximate surface area is 811 Å². The molecule has 0 unspecified atom stereocenters. The predicted molar refractivity (Wildman–Crippen MR) is 580 cm³/mol. The van der Waals surface area contributed by atoms with Gasteiger partial charge in [0, 0.05) is 131 Å². The first kappa shape index (κ1) is 81.5. The normalized spacial score (nSPS) is 12.4. The van der Waals surface area contributed by atoms with Crippen molar-refractivity contribution in [2.75, 3.05) is 0 Å². The minimum absolute atomic E-state index is 0.575.